The zero-order valence-corrected chi connectivity index (χ0v) is 13.7. The third-order valence-electron chi connectivity index (χ3n) is 3.54. The van der Waals surface area contributed by atoms with E-state index in [1.807, 2.05) is 36.6 Å². The Hall–Kier alpha value is -1.51. The molecule has 0 saturated heterocycles. The van der Waals surface area contributed by atoms with Crippen molar-refractivity contribution in [3.8, 4) is 5.69 Å². The van der Waals surface area contributed by atoms with Gasteiger partial charge in [-0.2, -0.15) is 0 Å². The number of aromatic nitrogens is 2. The Bertz CT molecular complexity index is 819. The second-order valence-electron chi connectivity index (χ2n) is 5.37. The van der Waals surface area contributed by atoms with E-state index in [-0.39, 0.29) is 5.38 Å². The van der Waals surface area contributed by atoms with E-state index in [0.717, 1.165) is 28.1 Å². The molecule has 0 fully saturated rings. The lowest BCUT2D eigenvalue weighted by atomic mass is 10.2. The molecule has 21 heavy (non-hydrogen) atoms. The van der Waals surface area contributed by atoms with Crippen LogP contribution in [-0.2, 0) is 0 Å². The highest BCUT2D eigenvalue weighted by atomic mass is 35.5. The molecule has 108 valence electrons. The maximum absolute atomic E-state index is 6.44. The number of nitrogens with zero attached hydrogens (tertiary/aromatic N) is 2. The quantitative estimate of drug-likeness (QED) is 0.563. The predicted octanol–water partition coefficient (Wildman–Crippen LogP) is 5.60. The number of aryl methyl sites for hydroxylation is 2. The first-order chi connectivity index (χ1) is 9.97. The summed E-state index contributed by atoms with van der Waals surface area (Å²) in [7, 11) is 0. The average Bonchev–Trinajstić information content (AvgIpc) is 2.77. The molecule has 0 aliphatic rings. The van der Waals surface area contributed by atoms with Crippen molar-refractivity contribution < 1.29 is 0 Å². The number of benzene rings is 2. The summed E-state index contributed by atoms with van der Waals surface area (Å²) >= 11 is 12.8. The van der Waals surface area contributed by atoms with E-state index in [1.165, 1.54) is 5.56 Å². The molecule has 1 atom stereocenters. The Labute approximate surface area is 134 Å². The summed E-state index contributed by atoms with van der Waals surface area (Å²) in [4.78, 5) is 4.69. The molecule has 0 amide bonds. The molecule has 0 bridgehead atoms. The Morgan fingerprint density at radius 1 is 1.05 bits per heavy atom. The van der Waals surface area contributed by atoms with Gasteiger partial charge in [-0.1, -0.05) is 23.7 Å². The molecule has 2 aromatic carbocycles. The van der Waals surface area contributed by atoms with Crippen LogP contribution in [0.1, 0.15) is 29.3 Å². The molecule has 3 aromatic rings. The normalized spacial score (nSPS) is 12.8. The van der Waals surface area contributed by atoms with E-state index in [0.29, 0.717) is 5.02 Å². The van der Waals surface area contributed by atoms with Crippen LogP contribution in [0.2, 0.25) is 5.02 Å². The second kappa shape index (κ2) is 5.36. The number of rotatable bonds is 2. The fourth-order valence-corrected chi connectivity index (χ4v) is 2.99. The van der Waals surface area contributed by atoms with Crippen molar-refractivity contribution >= 4 is 34.2 Å². The molecule has 0 aliphatic heterocycles. The Morgan fingerprint density at radius 3 is 2.38 bits per heavy atom. The highest BCUT2D eigenvalue weighted by molar-refractivity contribution is 6.32. The lowest BCUT2D eigenvalue weighted by Crippen LogP contribution is -2.02. The molecule has 2 nitrogen and oxygen atoms in total. The minimum atomic E-state index is -0.199. The highest BCUT2D eigenvalue weighted by Gasteiger charge is 2.18. The zero-order valence-electron chi connectivity index (χ0n) is 12.2. The van der Waals surface area contributed by atoms with Crippen LogP contribution in [0.4, 0.5) is 0 Å². The van der Waals surface area contributed by atoms with Gasteiger partial charge in [0.05, 0.1) is 27.1 Å². The van der Waals surface area contributed by atoms with E-state index in [2.05, 4.69) is 30.1 Å². The van der Waals surface area contributed by atoms with Gasteiger partial charge in [0.15, 0.2) is 0 Å². The molecule has 1 aromatic heterocycles. The molecule has 3 rings (SSSR count). The number of fused-ring (bicyclic) bond motifs is 1. The summed E-state index contributed by atoms with van der Waals surface area (Å²) in [6.07, 6.45) is 0. The minimum absolute atomic E-state index is 0.199. The molecule has 0 spiro atoms. The molecule has 0 radical (unpaired) electrons. The molecule has 0 saturated carbocycles. The molecular weight excluding hydrogens is 303 g/mol. The molecule has 1 heterocycles. The van der Waals surface area contributed by atoms with Gasteiger partial charge in [-0.25, -0.2) is 4.98 Å². The van der Waals surface area contributed by atoms with Crippen LogP contribution in [0, 0.1) is 13.8 Å². The summed E-state index contributed by atoms with van der Waals surface area (Å²) in [6.45, 7) is 6.01. The number of imidazole rings is 1. The van der Waals surface area contributed by atoms with Gasteiger partial charge in [-0.15, -0.1) is 11.6 Å². The van der Waals surface area contributed by atoms with Crippen molar-refractivity contribution in [3.63, 3.8) is 0 Å². The van der Waals surface area contributed by atoms with Gasteiger partial charge in [0.25, 0.3) is 0 Å². The summed E-state index contributed by atoms with van der Waals surface area (Å²) in [5, 5.41) is 0.503. The van der Waals surface area contributed by atoms with E-state index in [1.54, 1.807) is 0 Å². The fraction of sp³-hybridized carbons (Fsp3) is 0.235. The van der Waals surface area contributed by atoms with Crippen molar-refractivity contribution in [1.82, 2.24) is 9.55 Å². The third kappa shape index (κ3) is 2.54. The van der Waals surface area contributed by atoms with Crippen LogP contribution in [0.3, 0.4) is 0 Å². The van der Waals surface area contributed by atoms with Crippen LogP contribution in [-0.4, -0.2) is 9.55 Å². The monoisotopic (exact) mass is 318 g/mol. The molecule has 1 unspecified atom stereocenters. The lowest BCUT2D eigenvalue weighted by molar-refractivity contribution is 0.882. The largest absolute Gasteiger partial charge is 0.294 e. The van der Waals surface area contributed by atoms with Crippen molar-refractivity contribution in [2.75, 3.05) is 0 Å². The van der Waals surface area contributed by atoms with E-state index < -0.39 is 0 Å². The Balaban J connectivity index is 2.36. The van der Waals surface area contributed by atoms with Gasteiger partial charge in [0, 0.05) is 0 Å². The van der Waals surface area contributed by atoms with Crippen molar-refractivity contribution in [3.05, 3.63) is 58.4 Å². The third-order valence-corrected chi connectivity index (χ3v) is 4.03. The number of hydrogen-bond acceptors (Lipinski definition) is 1. The van der Waals surface area contributed by atoms with Gasteiger partial charge >= 0.3 is 0 Å². The topological polar surface area (TPSA) is 17.8 Å². The lowest BCUT2D eigenvalue weighted by Gasteiger charge is -2.13. The first-order valence-electron chi connectivity index (χ1n) is 6.87. The zero-order chi connectivity index (χ0) is 15.1. The van der Waals surface area contributed by atoms with Crippen molar-refractivity contribution in [1.29, 1.82) is 0 Å². The summed E-state index contributed by atoms with van der Waals surface area (Å²) < 4.78 is 2.05. The molecule has 4 heteroatoms. The Morgan fingerprint density at radius 2 is 1.71 bits per heavy atom. The standard InChI is InChI=1S/C17H16Cl2N2/c1-10-4-6-15(13(19)8-10)21-16-7-5-11(2)9-14(16)20-17(21)12(3)18/h4-9,12H,1-3H3. The maximum Gasteiger partial charge on any atom is 0.132 e. The van der Waals surface area contributed by atoms with Gasteiger partial charge in [0.1, 0.15) is 5.82 Å². The van der Waals surface area contributed by atoms with Crippen molar-refractivity contribution in [2.24, 2.45) is 0 Å². The number of hydrogen-bond donors (Lipinski definition) is 0. The summed E-state index contributed by atoms with van der Waals surface area (Å²) in [5.74, 6) is 0.808. The minimum Gasteiger partial charge on any atom is -0.294 e. The van der Waals surface area contributed by atoms with Gasteiger partial charge in [-0.3, -0.25) is 4.57 Å². The highest BCUT2D eigenvalue weighted by Crippen LogP contribution is 2.32. The fourth-order valence-electron chi connectivity index (χ4n) is 2.52. The number of halogens is 2. The first-order valence-corrected chi connectivity index (χ1v) is 7.68. The van der Waals surface area contributed by atoms with Crippen LogP contribution in [0.5, 0.6) is 0 Å². The van der Waals surface area contributed by atoms with Crippen molar-refractivity contribution in [2.45, 2.75) is 26.1 Å². The van der Waals surface area contributed by atoms with Crippen LogP contribution in [0.25, 0.3) is 16.7 Å². The van der Waals surface area contributed by atoms with Gasteiger partial charge in [-0.05, 0) is 56.2 Å². The predicted molar refractivity (Wildman–Crippen MR) is 89.8 cm³/mol. The molecular formula is C17H16Cl2N2. The van der Waals surface area contributed by atoms with Crippen LogP contribution >= 0.6 is 23.2 Å². The molecule has 0 aliphatic carbocycles. The smallest absolute Gasteiger partial charge is 0.132 e. The SMILES string of the molecule is Cc1ccc(-n2c(C(C)Cl)nc3cc(C)ccc32)c(Cl)c1. The summed E-state index contributed by atoms with van der Waals surface area (Å²) in [5.41, 5.74) is 5.18. The average molecular weight is 319 g/mol. The number of alkyl halides is 1. The maximum atomic E-state index is 6.44. The summed E-state index contributed by atoms with van der Waals surface area (Å²) in [6, 6.07) is 12.2. The Kier molecular flexibility index (Phi) is 3.68. The van der Waals surface area contributed by atoms with Crippen LogP contribution < -0.4 is 0 Å². The molecule has 0 N–H and O–H groups in total. The van der Waals surface area contributed by atoms with Crippen LogP contribution in [0.15, 0.2) is 36.4 Å². The second-order valence-corrected chi connectivity index (χ2v) is 6.43. The van der Waals surface area contributed by atoms with Gasteiger partial charge < -0.3 is 0 Å². The van der Waals surface area contributed by atoms with Gasteiger partial charge in [0.2, 0.25) is 0 Å². The first kappa shape index (κ1) is 14.4. The van der Waals surface area contributed by atoms with E-state index in [9.17, 15) is 0 Å². The van der Waals surface area contributed by atoms with E-state index in [4.69, 9.17) is 23.2 Å². The van der Waals surface area contributed by atoms with E-state index >= 15 is 0 Å².